The first kappa shape index (κ1) is 33.2. The van der Waals surface area contributed by atoms with Gasteiger partial charge in [0.2, 0.25) is 0 Å². The Morgan fingerprint density at radius 1 is 0.321 bits per heavy atom. The first-order chi connectivity index (χ1) is 27.6. The number of hydrogen-bond acceptors (Lipinski definition) is 4. The highest BCUT2D eigenvalue weighted by Gasteiger charge is 2.17. The number of benzene rings is 8. The van der Waals surface area contributed by atoms with Gasteiger partial charge in [-0.2, -0.15) is 0 Å². The monoisotopic (exact) mass is 717 g/mol. The van der Waals surface area contributed by atoms with Gasteiger partial charge in [0.15, 0.2) is 17.5 Å². The van der Waals surface area contributed by atoms with Crippen molar-refractivity contribution in [1.82, 2.24) is 15.0 Å². The van der Waals surface area contributed by atoms with Gasteiger partial charge in [-0.05, 0) is 81.8 Å². The Bertz CT molecular complexity index is 3020. The minimum absolute atomic E-state index is 0.585. The van der Waals surface area contributed by atoms with E-state index in [1.165, 1.54) is 27.8 Å². The first-order valence-corrected chi connectivity index (χ1v) is 18.8. The normalized spacial score (nSPS) is 11.3. The lowest BCUT2D eigenvalue weighted by atomic mass is 9.96. The number of hydrogen-bond donors (Lipinski definition) is 0. The molecule has 0 fully saturated rings. The standard InChI is InChI=1S/C52H35N3O/c1-34-12-8-17-39(30-34)42-20-9-18-40(31-42)36-24-26-38(27-25-36)51-53-50(37-15-6-3-7-16-37)54-52(55-51)44-28-29-46-48(33-44)56-47-23-11-22-45(49(46)47)43-21-10-19-41(32-43)35-13-4-2-5-14-35/h2-33H,1H3. The second-order valence-corrected chi connectivity index (χ2v) is 14.1. The predicted octanol–water partition coefficient (Wildman–Crippen LogP) is 13.7. The molecule has 0 unspecified atom stereocenters. The molecule has 264 valence electrons. The highest BCUT2D eigenvalue weighted by Crippen LogP contribution is 2.39. The summed E-state index contributed by atoms with van der Waals surface area (Å²) in [6.07, 6.45) is 0. The van der Waals surface area contributed by atoms with E-state index < -0.39 is 0 Å². The zero-order valence-corrected chi connectivity index (χ0v) is 30.7. The maximum Gasteiger partial charge on any atom is 0.164 e. The quantitative estimate of drug-likeness (QED) is 0.165. The lowest BCUT2D eigenvalue weighted by molar-refractivity contribution is 0.669. The third-order valence-electron chi connectivity index (χ3n) is 10.4. The summed E-state index contributed by atoms with van der Waals surface area (Å²) in [6.45, 7) is 2.13. The van der Waals surface area contributed by atoms with Gasteiger partial charge in [0.05, 0.1) is 0 Å². The Kier molecular flexibility index (Phi) is 8.34. The summed E-state index contributed by atoms with van der Waals surface area (Å²) >= 11 is 0. The van der Waals surface area contributed by atoms with Crippen molar-refractivity contribution >= 4 is 21.9 Å². The van der Waals surface area contributed by atoms with Crippen LogP contribution in [0, 0.1) is 6.92 Å². The molecule has 0 aliphatic heterocycles. The van der Waals surface area contributed by atoms with Gasteiger partial charge in [-0.1, -0.05) is 169 Å². The summed E-state index contributed by atoms with van der Waals surface area (Å²) in [5.74, 6) is 1.81. The summed E-state index contributed by atoms with van der Waals surface area (Å²) in [4.78, 5) is 15.1. The molecule has 0 saturated heterocycles. The van der Waals surface area contributed by atoms with E-state index in [4.69, 9.17) is 19.4 Å². The fourth-order valence-electron chi connectivity index (χ4n) is 7.57. The van der Waals surface area contributed by atoms with Crippen LogP contribution in [0.1, 0.15) is 5.56 Å². The Hall–Kier alpha value is -7.43. The topological polar surface area (TPSA) is 51.8 Å². The maximum absolute atomic E-state index is 6.55. The first-order valence-electron chi connectivity index (χ1n) is 18.8. The van der Waals surface area contributed by atoms with E-state index in [-0.39, 0.29) is 0 Å². The van der Waals surface area contributed by atoms with Crippen LogP contribution in [-0.2, 0) is 0 Å². The molecular formula is C52H35N3O. The molecule has 0 aliphatic carbocycles. The highest BCUT2D eigenvalue weighted by atomic mass is 16.3. The molecule has 10 rings (SSSR count). The molecule has 4 nitrogen and oxygen atoms in total. The summed E-state index contributed by atoms with van der Waals surface area (Å²) in [5, 5.41) is 2.13. The highest BCUT2D eigenvalue weighted by molar-refractivity contribution is 6.13. The van der Waals surface area contributed by atoms with E-state index in [1.807, 2.05) is 42.5 Å². The Labute approximate surface area is 325 Å². The summed E-state index contributed by atoms with van der Waals surface area (Å²) in [6, 6.07) is 67.6. The smallest absolute Gasteiger partial charge is 0.164 e. The third kappa shape index (κ3) is 6.33. The van der Waals surface area contributed by atoms with Crippen molar-refractivity contribution in [2.24, 2.45) is 0 Å². The van der Waals surface area contributed by atoms with Gasteiger partial charge in [0, 0.05) is 27.5 Å². The molecule has 0 spiro atoms. The zero-order valence-electron chi connectivity index (χ0n) is 30.7. The lowest BCUT2D eigenvalue weighted by Gasteiger charge is -2.10. The van der Waals surface area contributed by atoms with E-state index in [1.54, 1.807) is 0 Å². The van der Waals surface area contributed by atoms with Crippen molar-refractivity contribution in [3.05, 3.63) is 200 Å². The molecule has 0 radical (unpaired) electrons. The van der Waals surface area contributed by atoms with Crippen molar-refractivity contribution < 1.29 is 4.42 Å². The third-order valence-corrected chi connectivity index (χ3v) is 10.4. The molecule has 2 aromatic heterocycles. The van der Waals surface area contributed by atoms with Gasteiger partial charge in [0.1, 0.15) is 11.2 Å². The van der Waals surface area contributed by atoms with Gasteiger partial charge in [-0.3, -0.25) is 0 Å². The molecule has 4 heteroatoms. The molecule has 0 bridgehead atoms. The predicted molar refractivity (Wildman–Crippen MR) is 230 cm³/mol. The van der Waals surface area contributed by atoms with Crippen LogP contribution >= 0.6 is 0 Å². The van der Waals surface area contributed by atoms with Crippen LogP contribution in [0.5, 0.6) is 0 Å². The molecule has 0 atom stereocenters. The van der Waals surface area contributed by atoms with Gasteiger partial charge >= 0.3 is 0 Å². The Morgan fingerprint density at radius 3 is 1.46 bits per heavy atom. The van der Waals surface area contributed by atoms with Crippen molar-refractivity contribution in [3.8, 4) is 78.7 Å². The molecule has 0 N–H and O–H groups in total. The van der Waals surface area contributed by atoms with Crippen LogP contribution in [0.25, 0.3) is 101 Å². The minimum atomic E-state index is 0.585. The summed E-state index contributed by atoms with van der Waals surface area (Å²) in [5.41, 5.74) is 14.9. The Balaban J connectivity index is 1.03. The molecule has 0 aliphatic rings. The fraction of sp³-hybridized carbons (Fsp3) is 0.0192. The molecule has 10 aromatic rings. The fourth-order valence-corrected chi connectivity index (χ4v) is 7.57. The molecule has 56 heavy (non-hydrogen) atoms. The second-order valence-electron chi connectivity index (χ2n) is 14.1. The molecular weight excluding hydrogens is 683 g/mol. The minimum Gasteiger partial charge on any atom is -0.456 e. The number of nitrogens with zero attached hydrogens (tertiary/aromatic N) is 3. The zero-order chi connectivity index (χ0) is 37.4. The van der Waals surface area contributed by atoms with Crippen molar-refractivity contribution in [3.63, 3.8) is 0 Å². The van der Waals surface area contributed by atoms with Crippen molar-refractivity contribution in [2.75, 3.05) is 0 Å². The summed E-state index contributed by atoms with van der Waals surface area (Å²) in [7, 11) is 0. The van der Waals surface area contributed by atoms with Gasteiger partial charge in [-0.25, -0.2) is 15.0 Å². The van der Waals surface area contributed by atoms with Gasteiger partial charge in [-0.15, -0.1) is 0 Å². The molecule has 0 saturated carbocycles. The van der Waals surface area contributed by atoms with Crippen LogP contribution < -0.4 is 0 Å². The van der Waals surface area contributed by atoms with E-state index in [0.717, 1.165) is 60.9 Å². The van der Waals surface area contributed by atoms with E-state index in [2.05, 4.69) is 159 Å². The average Bonchev–Trinajstić information content (AvgIpc) is 3.65. The van der Waals surface area contributed by atoms with E-state index in [9.17, 15) is 0 Å². The van der Waals surface area contributed by atoms with Crippen molar-refractivity contribution in [2.45, 2.75) is 6.92 Å². The number of rotatable bonds is 7. The van der Waals surface area contributed by atoms with Crippen molar-refractivity contribution in [1.29, 1.82) is 0 Å². The second kappa shape index (κ2) is 14.1. The molecule has 0 amide bonds. The summed E-state index contributed by atoms with van der Waals surface area (Å²) < 4.78 is 6.55. The van der Waals surface area contributed by atoms with Crippen LogP contribution in [0.3, 0.4) is 0 Å². The number of furan rings is 1. The van der Waals surface area contributed by atoms with Crippen LogP contribution in [-0.4, -0.2) is 15.0 Å². The van der Waals surface area contributed by atoms with Gasteiger partial charge in [0.25, 0.3) is 0 Å². The average molecular weight is 718 g/mol. The number of aromatic nitrogens is 3. The molecule has 2 heterocycles. The number of fused-ring (bicyclic) bond motifs is 3. The van der Waals surface area contributed by atoms with Crippen LogP contribution in [0.15, 0.2) is 199 Å². The SMILES string of the molecule is Cc1cccc(-c2cccc(-c3ccc(-c4nc(-c5ccccc5)nc(-c5ccc6c(c5)oc5cccc(-c7cccc(-c8ccccc8)c7)c56)n4)cc3)c2)c1. The van der Waals surface area contributed by atoms with Crippen LogP contribution in [0.2, 0.25) is 0 Å². The lowest BCUT2D eigenvalue weighted by Crippen LogP contribution is -2.00. The number of aryl methyl sites for hydroxylation is 1. The molecule has 8 aromatic carbocycles. The van der Waals surface area contributed by atoms with Gasteiger partial charge < -0.3 is 4.42 Å². The maximum atomic E-state index is 6.55. The van der Waals surface area contributed by atoms with Crippen LogP contribution in [0.4, 0.5) is 0 Å². The van der Waals surface area contributed by atoms with E-state index >= 15 is 0 Å². The largest absolute Gasteiger partial charge is 0.456 e. The Morgan fingerprint density at radius 2 is 0.786 bits per heavy atom. The van der Waals surface area contributed by atoms with E-state index in [0.29, 0.717) is 17.5 Å².